The highest BCUT2D eigenvalue weighted by Gasteiger charge is 2.16. The second-order valence-electron chi connectivity index (χ2n) is 4.80. The molecule has 90 valence electrons. The molecule has 0 unspecified atom stereocenters. The molecule has 16 heavy (non-hydrogen) atoms. The number of rotatable bonds is 2. The van der Waals surface area contributed by atoms with Gasteiger partial charge in [0.25, 0.3) is 0 Å². The summed E-state index contributed by atoms with van der Waals surface area (Å²) in [6, 6.07) is 0.569. The van der Waals surface area contributed by atoms with Crippen molar-refractivity contribution in [2.45, 2.75) is 51.5 Å². The van der Waals surface area contributed by atoms with E-state index < -0.39 is 0 Å². The predicted octanol–water partition coefficient (Wildman–Crippen LogP) is 2.45. The van der Waals surface area contributed by atoms with E-state index in [1.165, 1.54) is 38.5 Å². The Balaban J connectivity index is 2.07. The van der Waals surface area contributed by atoms with Crippen molar-refractivity contribution in [3.63, 3.8) is 0 Å². The van der Waals surface area contributed by atoms with Gasteiger partial charge in [0.15, 0.2) is 0 Å². The van der Waals surface area contributed by atoms with Crippen molar-refractivity contribution in [3.05, 3.63) is 5.69 Å². The number of nitrogens with one attached hydrogen (secondary N) is 1. The fourth-order valence-electron chi connectivity index (χ4n) is 2.46. The molecule has 0 bridgehead atoms. The summed E-state index contributed by atoms with van der Waals surface area (Å²) in [6.45, 7) is 1.95. The lowest BCUT2D eigenvalue weighted by Gasteiger charge is -2.18. The molecule has 1 aliphatic rings. The molecule has 1 aliphatic carbocycles. The molecule has 3 N–H and O–H groups in total. The summed E-state index contributed by atoms with van der Waals surface area (Å²) >= 11 is 0. The minimum absolute atomic E-state index is 0.569. The average molecular weight is 222 g/mol. The van der Waals surface area contributed by atoms with E-state index in [0.29, 0.717) is 6.04 Å². The van der Waals surface area contributed by atoms with E-state index in [4.69, 9.17) is 5.73 Å². The molecule has 1 fully saturated rings. The predicted molar refractivity (Wildman–Crippen MR) is 67.5 cm³/mol. The SMILES string of the molecule is Cc1nn(C)c(NC2CCCCCC2)c1N. The van der Waals surface area contributed by atoms with Crippen LogP contribution in [-0.4, -0.2) is 15.8 Å². The Labute approximate surface area is 97.2 Å². The minimum atomic E-state index is 0.569. The first kappa shape index (κ1) is 11.3. The molecule has 1 saturated carbocycles. The summed E-state index contributed by atoms with van der Waals surface area (Å²) in [5, 5.41) is 7.88. The minimum Gasteiger partial charge on any atom is -0.394 e. The molecule has 1 aromatic rings. The van der Waals surface area contributed by atoms with Crippen LogP contribution < -0.4 is 11.1 Å². The van der Waals surface area contributed by atoms with Crippen LogP contribution in [0.1, 0.15) is 44.2 Å². The maximum atomic E-state index is 6.01. The Morgan fingerprint density at radius 3 is 2.38 bits per heavy atom. The zero-order valence-corrected chi connectivity index (χ0v) is 10.3. The quantitative estimate of drug-likeness (QED) is 0.756. The van der Waals surface area contributed by atoms with Gasteiger partial charge in [0.2, 0.25) is 0 Å². The first-order valence-electron chi connectivity index (χ1n) is 6.24. The molecule has 4 heteroatoms. The summed E-state index contributed by atoms with van der Waals surface area (Å²) in [5.74, 6) is 0.990. The number of anilines is 2. The summed E-state index contributed by atoms with van der Waals surface area (Å²) in [7, 11) is 1.95. The van der Waals surface area contributed by atoms with Gasteiger partial charge in [0.05, 0.1) is 11.4 Å². The van der Waals surface area contributed by atoms with Gasteiger partial charge in [-0.05, 0) is 19.8 Å². The van der Waals surface area contributed by atoms with Crippen LogP contribution in [0.3, 0.4) is 0 Å². The molecule has 4 nitrogen and oxygen atoms in total. The van der Waals surface area contributed by atoms with Gasteiger partial charge in [0, 0.05) is 13.1 Å². The van der Waals surface area contributed by atoms with Crippen molar-refractivity contribution in [2.24, 2.45) is 7.05 Å². The topological polar surface area (TPSA) is 55.9 Å². The zero-order chi connectivity index (χ0) is 11.5. The molecule has 1 heterocycles. The molecule has 0 radical (unpaired) electrons. The summed E-state index contributed by atoms with van der Waals surface area (Å²) in [4.78, 5) is 0. The van der Waals surface area contributed by atoms with E-state index in [1.807, 2.05) is 18.7 Å². The molecular weight excluding hydrogens is 200 g/mol. The lowest BCUT2D eigenvalue weighted by Crippen LogP contribution is -2.20. The van der Waals surface area contributed by atoms with E-state index in [9.17, 15) is 0 Å². The Morgan fingerprint density at radius 1 is 1.25 bits per heavy atom. The lowest BCUT2D eigenvalue weighted by molar-refractivity contribution is 0.609. The highest BCUT2D eigenvalue weighted by Crippen LogP contribution is 2.25. The number of hydrogen-bond acceptors (Lipinski definition) is 3. The second kappa shape index (κ2) is 4.76. The molecule has 0 spiro atoms. The van der Waals surface area contributed by atoms with E-state index in [1.54, 1.807) is 0 Å². The summed E-state index contributed by atoms with van der Waals surface area (Å²) < 4.78 is 1.86. The van der Waals surface area contributed by atoms with Crippen LogP contribution in [0.4, 0.5) is 11.5 Å². The molecule has 0 saturated heterocycles. The van der Waals surface area contributed by atoms with Gasteiger partial charge in [-0.2, -0.15) is 5.10 Å². The molecule has 0 atom stereocenters. The van der Waals surface area contributed by atoms with Gasteiger partial charge < -0.3 is 11.1 Å². The Kier molecular flexibility index (Phi) is 3.36. The van der Waals surface area contributed by atoms with Gasteiger partial charge in [-0.15, -0.1) is 0 Å². The van der Waals surface area contributed by atoms with E-state index in [-0.39, 0.29) is 0 Å². The second-order valence-corrected chi connectivity index (χ2v) is 4.80. The van der Waals surface area contributed by atoms with Crippen molar-refractivity contribution in [1.82, 2.24) is 9.78 Å². The maximum absolute atomic E-state index is 6.01. The van der Waals surface area contributed by atoms with Crippen LogP contribution in [0.15, 0.2) is 0 Å². The van der Waals surface area contributed by atoms with E-state index in [2.05, 4.69) is 10.4 Å². The van der Waals surface area contributed by atoms with Crippen LogP contribution in [0.5, 0.6) is 0 Å². The van der Waals surface area contributed by atoms with Crippen molar-refractivity contribution in [1.29, 1.82) is 0 Å². The number of hydrogen-bond donors (Lipinski definition) is 2. The van der Waals surface area contributed by atoms with E-state index >= 15 is 0 Å². The van der Waals surface area contributed by atoms with Gasteiger partial charge in [-0.3, -0.25) is 4.68 Å². The summed E-state index contributed by atoms with van der Waals surface area (Å²) in [5.41, 5.74) is 7.73. The third-order valence-corrected chi connectivity index (χ3v) is 3.46. The van der Waals surface area contributed by atoms with Gasteiger partial charge in [-0.25, -0.2) is 0 Å². The van der Waals surface area contributed by atoms with Crippen LogP contribution in [0.25, 0.3) is 0 Å². The van der Waals surface area contributed by atoms with Crippen molar-refractivity contribution in [3.8, 4) is 0 Å². The third kappa shape index (κ3) is 2.31. The third-order valence-electron chi connectivity index (χ3n) is 3.46. The van der Waals surface area contributed by atoms with Crippen molar-refractivity contribution >= 4 is 11.5 Å². The van der Waals surface area contributed by atoms with E-state index in [0.717, 1.165) is 17.2 Å². The van der Waals surface area contributed by atoms with Crippen LogP contribution in [0, 0.1) is 6.92 Å². The Hall–Kier alpha value is -1.19. The van der Waals surface area contributed by atoms with Crippen LogP contribution in [-0.2, 0) is 7.05 Å². The fourth-order valence-corrected chi connectivity index (χ4v) is 2.46. The number of aromatic nitrogens is 2. The Bertz CT molecular complexity index is 348. The molecular formula is C12H22N4. The maximum Gasteiger partial charge on any atom is 0.147 e. The van der Waals surface area contributed by atoms with Crippen LogP contribution in [0.2, 0.25) is 0 Å². The first-order valence-corrected chi connectivity index (χ1v) is 6.24. The normalized spacial score (nSPS) is 18.4. The van der Waals surface area contributed by atoms with Gasteiger partial charge >= 0.3 is 0 Å². The highest BCUT2D eigenvalue weighted by atomic mass is 15.3. The molecule has 0 aromatic carbocycles. The highest BCUT2D eigenvalue weighted by molar-refractivity contribution is 5.64. The largest absolute Gasteiger partial charge is 0.394 e. The molecule has 0 aliphatic heterocycles. The average Bonchev–Trinajstić information content (AvgIpc) is 2.51. The van der Waals surface area contributed by atoms with Crippen molar-refractivity contribution < 1.29 is 0 Å². The first-order chi connectivity index (χ1) is 7.68. The van der Waals surface area contributed by atoms with Gasteiger partial charge in [-0.1, -0.05) is 25.7 Å². The number of nitrogens with zero attached hydrogens (tertiary/aromatic N) is 2. The van der Waals surface area contributed by atoms with Crippen molar-refractivity contribution in [2.75, 3.05) is 11.1 Å². The van der Waals surface area contributed by atoms with Crippen LogP contribution >= 0.6 is 0 Å². The van der Waals surface area contributed by atoms with Gasteiger partial charge in [0.1, 0.15) is 5.82 Å². The number of aryl methyl sites for hydroxylation is 2. The molecule has 2 rings (SSSR count). The fraction of sp³-hybridized carbons (Fsp3) is 0.750. The molecule has 1 aromatic heterocycles. The Morgan fingerprint density at radius 2 is 1.88 bits per heavy atom. The number of nitrogen functional groups attached to an aromatic ring is 1. The smallest absolute Gasteiger partial charge is 0.147 e. The zero-order valence-electron chi connectivity index (χ0n) is 10.3. The monoisotopic (exact) mass is 222 g/mol. The number of nitrogens with two attached hydrogens (primary N) is 1. The lowest BCUT2D eigenvalue weighted by atomic mass is 10.1. The standard InChI is InChI=1S/C12H22N4/c1-9-11(13)12(16(2)15-9)14-10-7-5-3-4-6-8-10/h10,14H,3-8,13H2,1-2H3. The summed E-state index contributed by atoms with van der Waals surface area (Å²) in [6.07, 6.45) is 7.91. The molecule has 0 amide bonds.